The molecule has 2 aliphatic heterocycles. The lowest BCUT2D eigenvalue weighted by atomic mass is 10.1. The molecule has 2 N–H and O–H groups in total. The lowest BCUT2D eigenvalue weighted by Crippen LogP contribution is -2.40. The summed E-state index contributed by atoms with van der Waals surface area (Å²) in [7, 11) is 0. The topological polar surface area (TPSA) is 95.6 Å². The van der Waals surface area contributed by atoms with Crippen molar-refractivity contribution >= 4 is 29.3 Å². The van der Waals surface area contributed by atoms with Crippen LogP contribution in [0.25, 0.3) is 0 Å². The molecule has 4 rings (SSSR count). The molecule has 0 saturated heterocycles. The minimum atomic E-state index is -0.456. The molecule has 2 heterocycles. The smallest absolute Gasteiger partial charge is 0.262 e. The number of benzene rings is 2. The Hall–Kier alpha value is -3.48. The van der Waals surface area contributed by atoms with E-state index in [0.717, 1.165) is 21.7 Å². The van der Waals surface area contributed by atoms with E-state index in [1.807, 2.05) is 12.1 Å². The van der Waals surface area contributed by atoms with E-state index in [9.17, 15) is 19.2 Å². The molecule has 130 valence electrons. The maximum absolute atomic E-state index is 12.3. The zero-order valence-corrected chi connectivity index (χ0v) is 13.7. The summed E-state index contributed by atoms with van der Waals surface area (Å²) in [6.45, 7) is -0.0686. The summed E-state index contributed by atoms with van der Waals surface area (Å²) in [5, 5.41) is 5.45. The number of carbonyl (C=O) groups excluding carboxylic acids is 4. The second-order valence-electron chi connectivity index (χ2n) is 6.24. The number of nitrogens with one attached hydrogen (secondary N) is 2. The predicted molar refractivity (Wildman–Crippen MR) is 92.4 cm³/mol. The van der Waals surface area contributed by atoms with E-state index in [1.54, 1.807) is 30.3 Å². The molecule has 4 amide bonds. The van der Waals surface area contributed by atoms with Crippen molar-refractivity contribution in [3.05, 3.63) is 64.7 Å². The van der Waals surface area contributed by atoms with Gasteiger partial charge in [-0.1, -0.05) is 24.3 Å². The first-order valence-electron chi connectivity index (χ1n) is 8.16. The van der Waals surface area contributed by atoms with Crippen LogP contribution in [0.15, 0.2) is 42.5 Å². The van der Waals surface area contributed by atoms with Crippen LogP contribution in [0.5, 0.6) is 0 Å². The molecule has 7 heteroatoms. The van der Waals surface area contributed by atoms with Crippen molar-refractivity contribution in [3.8, 4) is 0 Å². The van der Waals surface area contributed by atoms with Gasteiger partial charge in [0.15, 0.2) is 0 Å². The van der Waals surface area contributed by atoms with E-state index in [0.29, 0.717) is 17.5 Å². The fourth-order valence-corrected chi connectivity index (χ4v) is 3.18. The van der Waals surface area contributed by atoms with Crippen molar-refractivity contribution in [1.29, 1.82) is 0 Å². The summed E-state index contributed by atoms with van der Waals surface area (Å²) in [5.41, 5.74) is 3.16. The molecule has 0 atom stereocenters. The van der Waals surface area contributed by atoms with Crippen molar-refractivity contribution in [3.63, 3.8) is 0 Å². The Labute approximate surface area is 149 Å². The second kappa shape index (κ2) is 6.11. The molecule has 0 saturated carbocycles. The number of rotatable bonds is 4. The highest BCUT2D eigenvalue weighted by Crippen LogP contribution is 2.24. The van der Waals surface area contributed by atoms with E-state index in [1.165, 1.54) is 0 Å². The third-order valence-corrected chi connectivity index (χ3v) is 4.46. The maximum Gasteiger partial charge on any atom is 0.262 e. The molecule has 2 aromatic rings. The lowest BCUT2D eigenvalue weighted by Gasteiger charge is -2.14. The molecular formula is C19H15N3O4. The first-order valence-corrected chi connectivity index (χ1v) is 8.16. The highest BCUT2D eigenvalue weighted by molar-refractivity contribution is 6.22. The molecule has 0 spiro atoms. The molecular weight excluding hydrogens is 334 g/mol. The van der Waals surface area contributed by atoms with Gasteiger partial charge in [-0.3, -0.25) is 24.1 Å². The zero-order chi connectivity index (χ0) is 18.3. The van der Waals surface area contributed by atoms with Crippen LogP contribution in [-0.4, -0.2) is 35.1 Å². The number of fused-ring (bicyclic) bond motifs is 2. The largest absolute Gasteiger partial charge is 0.350 e. The van der Waals surface area contributed by atoms with Crippen LogP contribution in [0.2, 0.25) is 0 Å². The van der Waals surface area contributed by atoms with Gasteiger partial charge in [-0.2, -0.15) is 0 Å². The Kier molecular flexibility index (Phi) is 3.76. The highest BCUT2D eigenvalue weighted by Gasteiger charge is 2.36. The quantitative estimate of drug-likeness (QED) is 0.808. The number of nitrogens with zero attached hydrogens (tertiary/aromatic N) is 1. The van der Waals surface area contributed by atoms with Crippen LogP contribution < -0.4 is 10.6 Å². The summed E-state index contributed by atoms with van der Waals surface area (Å²) in [4.78, 5) is 49.0. The molecule has 0 radical (unpaired) electrons. The molecule has 2 aromatic carbocycles. The van der Waals surface area contributed by atoms with Crippen molar-refractivity contribution in [2.24, 2.45) is 0 Å². The third kappa shape index (κ3) is 2.73. The van der Waals surface area contributed by atoms with Gasteiger partial charge in [0.2, 0.25) is 11.8 Å². The van der Waals surface area contributed by atoms with Crippen molar-refractivity contribution in [2.75, 3.05) is 11.9 Å². The fourth-order valence-electron chi connectivity index (χ4n) is 3.18. The summed E-state index contributed by atoms with van der Waals surface area (Å²) in [6.07, 6.45) is 0.326. The van der Waals surface area contributed by atoms with E-state index < -0.39 is 17.7 Å². The Morgan fingerprint density at radius 1 is 1.04 bits per heavy atom. The first kappa shape index (κ1) is 16.0. The Balaban J connectivity index is 1.38. The monoisotopic (exact) mass is 349 g/mol. The average molecular weight is 349 g/mol. The van der Waals surface area contributed by atoms with E-state index in [4.69, 9.17) is 0 Å². The summed E-state index contributed by atoms with van der Waals surface area (Å²) in [5.74, 6) is -1.38. The van der Waals surface area contributed by atoms with Crippen LogP contribution in [0, 0.1) is 0 Å². The highest BCUT2D eigenvalue weighted by atomic mass is 16.2. The van der Waals surface area contributed by atoms with Crippen molar-refractivity contribution in [1.82, 2.24) is 10.2 Å². The van der Waals surface area contributed by atoms with Crippen LogP contribution in [-0.2, 0) is 22.6 Å². The predicted octanol–water partition coefficient (Wildman–Crippen LogP) is 1.09. The fraction of sp³-hybridized carbons (Fsp3) is 0.158. The first-order chi connectivity index (χ1) is 12.5. The SMILES string of the molecule is O=C(CN1C(=O)c2ccccc2C1=O)NCc1ccc2c(c1)CC(=O)N2. The molecule has 26 heavy (non-hydrogen) atoms. The van der Waals surface area contributed by atoms with Crippen LogP contribution in [0.4, 0.5) is 5.69 Å². The average Bonchev–Trinajstić information content (AvgIpc) is 3.12. The Bertz CT molecular complexity index is 932. The molecule has 0 aromatic heterocycles. The van der Waals surface area contributed by atoms with Gasteiger partial charge in [-0.15, -0.1) is 0 Å². The van der Waals surface area contributed by atoms with Gasteiger partial charge >= 0.3 is 0 Å². The zero-order valence-electron chi connectivity index (χ0n) is 13.7. The van der Waals surface area contributed by atoms with E-state index in [2.05, 4.69) is 10.6 Å². The maximum atomic E-state index is 12.3. The summed E-state index contributed by atoms with van der Waals surface area (Å²) in [6, 6.07) is 12.0. The molecule has 2 aliphatic rings. The van der Waals surface area contributed by atoms with Gasteiger partial charge in [-0.05, 0) is 29.3 Å². The Morgan fingerprint density at radius 2 is 1.73 bits per heavy atom. The normalized spacial score (nSPS) is 14.9. The number of anilines is 1. The van der Waals surface area contributed by atoms with Crippen molar-refractivity contribution in [2.45, 2.75) is 13.0 Å². The van der Waals surface area contributed by atoms with Gasteiger partial charge in [0.1, 0.15) is 6.54 Å². The number of amides is 4. The van der Waals surface area contributed by atoms with Crippen LogP contribution in [0.3, 0.4) is 0 Å². The molecule has 0 aliphatic carbocycles. The van der Waals surface area contributed by atoms with Gasteiger partial charge < -0.3 is 10.6 Å². The van der Waals surface area contributed by atoms with Gasteiger partial charge in [0.25, 0.3) is 11.8 Å². The van der Waals surface area contributed by atoms with E-state index in [-0.39, 0.29) is 19.0 Å². The molecule has 0 bridgehead atoms. The minimum Gasteiger partial charge on any atom is -0.350 e. The summed E-state index contributed by atoms with van der Waals surface area (Å²) >= 11 is 0. The molecule has 0 unspecified atom stereocenters. The third-order valence-electron chi connectivity index (χ3n) is 4.46. The second-order valence-corrected chi connectivity index (χ2v) is 6.24. The Morgan fingerprint density at radius 3 is 2.42 bits per heavy atom. The van der Waals surface area contributed by atoms with Crippen LogP contribution in [0.1, 0.15) is 31.8 Å². The van der Waals surface area contributed by atoms with Crippen LogP contribution >= 0.6 is 0 Å². The van der Waals surface area contributed by atoms with Crippen molar-refractivity contribution < 1.29 is 19.2 Å². The number of hydrogen-bond donors (Lipinski definition) is 2. The molecule has 7 nitrogen and oxygen atoms in total. The van der Waals surface area contributed by atoms with E-state index >= 15 is 0 Å². The van der Waals surface area contributed by atoms with Gasteiger partial charge in [0.05, 0.1) is 17.5 Å². The number of hydrogen-bond acceptors (Lipinski definition) is 4. The standard InChI is InChI=1S/C19H15N3O4/c23-16-8-12-7-11(5-6-15(12)21-16)9-20-17(24)10-22-18(25)13-3-1-2-4-14(13)19(22)26/h1-7H,8-10H2,(H,20,24)(H,21,23). The molecule has 0 fully saturated rings. The minimum absolute atomic E-state index is 0.0493. The number of carbonyl (C=O) groups is 4. The van der Waals surface area contributed by atoms with Gasteiger partial charge in [0, 0.05) is 12.2 Å². The van der Waals surface area contributed by atoms with Gasteiger partial charge in [-0.25, -0.2) is 0 Å². The summed E-state index contributed by atoms with van der Waals surface area (Å²) < 4.78 is 0. The lowest BCUT2D eigenvalue weighted by molar-refractivity contribution is -0.121. The number of imide groups is 1.